The van der Waals surface area contributed by atoms with Crippen molar-refractivity contribution in [2.75, 3.05) is 5.32 Å². The Morgan fingerprint density at radius 1 is 0.636 bits per heavy atom. The number of para-hydroxylation sites is 2. The molecule has 1 amide bonds. The number of carbonyl (C=O) groups excluding carboxylic acids is 1. The molecule has 1 heterocycles. The zero-order chi connectivity index (χ0) is 22.8. The average molecular weight is 430 g/mol. The molecular weight excluding hydrogens is 406 g/mol. The number of hydrogen-bond acceptors (Lipinski definition) is 3. The van der Waals surface area contributed by atoms with Gasteiger partial charge in [0.15, 0.2) is 0 Å². The number of nitrogens with zero attached hydrogens (tertiary/aromatic N) is 2. The quantitative estimate of drug-likeness (QED) is 0.340. The third-order valence-electron chi connectivity index (χ3n) is 5.52. The van der Waals surface area contributed by atoms with Gasteiger partial charge in [-0.25, -0.2) is 9.97 Å². The second kappa shape index (κ2) is 8.67. The molecule has 0 aliphatic rings. The Bertz CT molecular complexity index is 1440. The fraction of sp³-hybridized carbons (Fsp3) is 0.0690. The van der Waals surface area contributed by atoms with E-state index in [0.29, 0.717) is 5.56 Å². The molecule has 4 nitrogen and oxygen atoms in total. The van der Waals surface area contributed by atoms with E-state index in [1.165, 1.54) is 0 Å². The van der Waals surface area contributed by atoms with Gasteiger partial charge in [-0.1, -0.05) is 60.7 Å². The second-order valence-corrected chi connectivity index (χ2v) is 8.18. The molecule has 1 N–H and O–H groups in total. The molecule has 4 aromatic carbocycles. The van der Waals surface area contributed by atoms with E-state index in [1.54, 1.807) is 0 Å². The van der Waals surface area contributed by atoms with Crippen molar-refractivity contribution < 1.29 is 4.79 Å². The summed E-state index contributed by atoms with van der Waals surface area (Å²) in [6.45, 7) is 4.04. The Labute approximate surface area is 193 Å². The lowest BCUT2D eigenvalue weighted by Crippen LogP contribution is -2.12. The summed E-state index contributed by atoms with van der Waals surface area (Å²) in [5.41, 5.74) is 8.84. The van der Waals surface area contributed by atoms with Gasteiger partial charge in [0.05, 0.1) is 22.4 Å². The highest BCUT2D eigenvalue weighted by molar-refractivity contribution is 6.04. The van der Waals surface area contributed by atoms with Crippen LogP contribution in [-0.2, 0) is 0 Å². The van der Waals surface area contributed by atoms with Crippen molar-refractivity contribution in [3.8, 4) is 22.5 Å². The number of amides is 1. The Morgan fingerprint density at radius 2 is 1.15 bits per heavy atom. The van der Waals surface area contributed by atoms with E-state index in [0.717, 1.165) is 50.4 Å². The lowest BCUT2D eigenvalue weighted by atomic mass is 10.0. The normalized spacial score (nSPS) is 10.8. The number of aryl methyl sites for hydroxylation is 2. The van der Waals surface area contributed by atoms with Crippen LogP contribution >= 0.6 is 0 Å². The first-order valence-electron chi connectivity index (χ1n) is 10.9. The van der Waals surface area contributed by atoms with Crippen LogP contribution in [0, 0.1) is 13.8 Å². The third-order valence-corrected chi connectivity index (χ3v) is 5.52. The molecule has 5 rings (SSSR count). The molecule has 0 spiro atoms. The van der Waals surface area contributed by atoms with Crippen LogP contribution in [0.5, 0.6) is 0 Å². The van der Waals surface area contributed by atoms with Gasteiger partial charge in [0, 0.05) is 22.4 Å². The minimum absolute atomic E-state index is 0.139. The van der Waals surface area contributed by atoms with Gasteiger partial charge in [0.1, 0.15) is 0 Å². The van der Waals surface area contributed by atoms with Gasteiger partial charge >= 0.3 is 0 Å². The van der Waals surface area contributed by atoms with E-state index in [-0.39, 0.29) is 5.91 Å². The molecule has 0 saturated heterocycles. The summed E-state index contributed by atoms with van der Waals surface area (Å²) >= 11 is 0. The number of benzene rings is 4. The van der Waals surface area contributed by atoms with Crippen molar-refractivity contribution >= 4 is 22.6 Å². The Hall–Kier alpha value is -4.31. The second-order valence-electron chi connectivity index (χ2n) is 8.18. The average Bonchev–Trinajstić information content (AvgIpc) is 2.83. The molecule has 160 valence electrons. The summed E-state index contributed by atoms with van der Waals surface area (Å²) in [5, 5.41) is 2.99. The number of nitrogens with one attached hydrogen (secondary N) is 1. The first-order chi connectivity index (χ1) is 16.1. The molecule has 0 aliphatic carbocycles. The number of hydrogen-bond donors (Lipinski definition) is 1. The van der Waals surface area contributed by atoms with E-state index in [2.05, 4.69) is 11.4 Å². The highest BCUT2D eigenvalue weighted by atomic mass is 16.1. The minimum Gasteiger partial charge on any atom is -0.322 e. The Kier molecular flexibility index (Phi) is 5.41. The van der Waals surface area contributed by atoms with Crippen LogP contribution in [0.1, 0.15) is 21.5 Å². The predicted octanol–water partition coefficient (Wildman–Crippen LogP) is 6.83. The van der Waals surface area contributed by atoms with E-state index >= 15 is 0 Å². The monoisotopic (exact) mass is 429 g/mol. The zero-order valence-corrected chi connectivity index (χ0v) is 18.5. The molecule has 1 aromatic heterocycles. The topological polar surface area (TPSA) is 54.9 Å². The van der Waals surface area contributed by atoms with Crippen LogP contribution in [0.3, 0.4) is 0 Å². The maximum atomic E-state index is 12.8. The fourth-order valence-corrected chi connectivity index (χ4v) is 4.03. The molecule has 4 heteroatoms. The van der Waals surface area contributed by atoms with Gasteiger partial charge in [0.2, 0.25) is 0 Å². The van der Waals surface area contributed by atoms with E-state index in [1.807, 2.05) is 105 Å². The minimum atomic E-state index is -0.139. The van der Waals surface area contributed by atoms with Gasteiger partial charge in [-0.05, 0) is 61.4 Å². The van der Waals surface area contributed by atoms with Crippen LogP contribution in [-0.4, -0.2) is 15.9 Å². The number of anilines is 1. The molecule has 0 atom stereocenters. The first-order valence-corrected chi connectivity index (χ1v) is 10.9. The highest BCUT2D eigenvalue weighted by Gasteiger charge is 2.14. The van der Waals surface area contributed by atoms with Gasteiger partial charge in [-0.2, -0.15) is 0 Å². The van der Waals surface area contributed by atoms with Crippen molar-refractivity contribution in [3.63, 3.8) is 0 Å². The standard InChI is InChI=1S/C29H23N3O/c1-19-16-20(2)18-24(17-19)30-29(33)23-14-12-22(13-15-23)28-27(21-8-4-3-5-9-21)31-25-10-6-7-11-26(25)32-28/h3-18H,1-2H3,(H,30,33). The Balaban J connectivity index is 1.51. The number of rotatable bonds is 4. The lowest BCUT2D eigenvalue weighted by molar-refractivity contribution is 0.102. The smallest absolute Gasteiger partial charge is 0.255 e. The van der Waals surface area contributed by atoms with E-state index < -0.39 is 0 Å². The third kappa shape index (κ3) is 4.37. The van der Waals surface area contributed by atoms with Crippen molar-refractivity contribution in [2.24, 2.45) is 0 Å². The van der Waals surface area contributed by atoms with E-state index in [4.69, 9.17) is 9.97 Å². The summed E-state index contributed by atoms with van der Waals surface area (Å²) < 4.78 is 0. The van der Waals surface area contributed by atoms with Crippen molar-refractivity contribution in [2.45, 2.75) is 13.8 Å². The molecular formula is C29H23N3O. The van der Waals surface area contributed by atoms with Gasteiger partial charge in [0.25, 0.3) is 5.91 Å². The molecule has 5 aromatic rings. The number of aromatic nitrogens is 2. The first kappa shape index (κ1) is 20.6. The summed E-state index contributed by atoms with van der Waals surface area (Å²) in [6.07, 6.45) is 0. The molecule has 0 unspecified atom stereocenters. The lowest BCUT2D eigenvalue weighted by Gasteiger charge is -2.11. The Morgan fingerprint density at radius 3 is 1.73 bits per heavy atom. The van der Waals surface area contributed by atoms with Crippen molar-refractivity contribution in [1.29, 1.82) is 0 Å². The highest BCUT2D eigenvalue weighted by Crippen LogP contribution is 2.31. The summed E-state index contributed by atoms with van der Waals surface area (Å²) in [7, 11) is 0. The number of carbonyl (C=O) groups is 1. The van der Waals surface area contributed by atoms with Crippen LogP contribution < -0.4 is 5.32 Å². The van der Waals surface area contributed by atoms with Crippen LogP contribution in [0.15, 0.2) is 97.1 Å². The summed E-state index contributed by atoms with van der Waals surface area (Å²) in [6, 6.07) is 31.5. The van der Waals surface area contributed by atoms with Crippen molar-refractivity contribution in [1.82, 2.24) is 9.97 Å². The molecule has 0 fully saturated rings. The zero-order valence-electron chi connectivity index (χ0n) is 18.5. The summed E-state index contributed by atoms with van der Waals surface area (Å²) in [5.74, 6) is -0.139. The maximum absolute atomic E-state index is 12.8. The van der Waals surface area contributed by atoms with E-state index in [9.17, 15) is 4.79 Å². The van der Waals surface area contributed by atoms with Crippen molar-refractivity contribution in [3.05, 3.63) is 114 Å². The predicted molar refractivity (Wildman–Crippen MR) is 134 cm³/mol. The molecule has 0 aliphatic heterocycles. The largest absolute Gasteiger partial charge is 0.322 e. The molecule has 0 saturated carbocycles. The summed E-state index contributed by atoms with van der Waals surface area (Å²) in [4.78, 5) is 22.6. The van der Waals surface area contributed by atoms with Gasteiger partial charge in [-0.3, -0.25) is 4.79 Å². The molecule has 33 heavy (non-hydrogen) atoms. The van der Waals surface area contributed by atoms with Gasteiger partial charge < -0.3 is 5.32 Å². The van der Waals surface area contributed by atoms with Gasteiger partial charge in [-0.15, -0.1) is 0 Å². The van der Waals surface area contributed by atoms with Crippen LogP contribution in [0.25, 0.3) is 33.5 Å². The van der Waals surface area contributed by atoms with Crippen LogP contribution in [0.4, 0.5) is 5.69 Å². The SMILES string of the molecule is Cc1cc(C)cc(NC(=O)c2ccc(-c3nc4ccccc4nc3-c3ccccc3)cc2)c1. The maximum Gasteiger partial charge on any atom is 0.255 e. The molecule has 0 radical (unpaired) electrons. The molecule has 0 bridgehead atoms. The fourth-order valence-electron chi connectivity index (χ4n) is 4.03. The number of fused-ring (bicyclic) bond motifs is 1. The van der Waals surface area contributed by atoms with Crippen LogP contribution in [0.2, 0.25) is 0 Å².